The minimum atomic E-state index is -0.0279. The Balaban J connectivity index is 2.05. The number of rotatable bonds is 3. The molecule has 0 spiro atoms. The molecule has 0 aliphatic carbocycles. The summed E-state index contributed by atoms with van der Waals surface area (Å²) in [6.45, 7) is 3.74. The Labute approximate surface area is 139 Å². The standard InChI is InChI=1S/C15H18Cl2N2O3/c1-10(20)18-3-5-19(6-4-18)14(21)8-11-7-12(16)9-13(17)15(11)22-2/h7,9H,3-6,8H2,1-2H3. The molecule has 1 fully saturated rings. The van der Waals surface area contributed by atoms with Crippen molar-refractivity contribution in [1.82, 2.24) is 9.80 Å². The van der Waals surface area contributed by atoms with Crippen LogP contribution in [-0.2, 0) is 16.0 Å². The normalized spacial score (nSPS) is 14.9. The topological polar surface area (TPSA) is 49.9 Å². The maximum Gasteiger partial charge on any atom is 0.227 e. The highest BCUT2D eigenvalue weighted by molar-refractivity contribution is 6.35. The van der Waals surface area contributed by atoms with Crippen molar-refractivity contribution in [3.63, 3.8) is 0 Å². The quantitative estimate of drug-likeness (QED) is 0.844. The molecule has 0 N–H and O–H groups in total. The Morgan fingerprint density at radius 2 is 1.73 bits per heavy atom. The van der Waals surface area contributed by atoms with Crippen molar-refractivity contribution in [2.45, 2.75) is 13.3 Å². The highest BCUT2D eigenvalue weighted by Gasteiger charge is 2.23. The zero-order chi connectivity index (χ0) is 16.3. The van der Waals surface area contributed by atoms with Crippen LogP contribution in [0.1, 0.15) is 12.5 Å². The lowest BCUT2D eigenvalue weighted by Crippen LogP contribution is -2.50. The maximum absolute atomic E-state index is 12.4. The van der Waals surface area contributed by atoms with E-state index in [0.717, 1.165) is 0 Å². The highest BCUT2D eigenvalue weighted by atomic mass is 35.5. The van der Waals surface area contributed by atoms with Crippen LogP contribution >= 0.6 is 23.2 Å². The van der Waals surface area contributed by atoms with Gasteiger partial charge in [0.1, 0.15) is 5.75 Å². The van der Waals surface area contributed by atoms with Crippen molar-refractivity contribution in [2.75, 3.05) is 33.3 Å². The Kier molecular flexibility index (Phi) is 5.53. The second-order valence-electron chi connectivity index (χ2n) is 5.14. The average molecular weight is 345 g/mol. The predicted octanol–water partition coefficient (Wildman–Crippen LogP) is 2.24. The summed E-state index contributed by atoms with van der Waals surface area (Å²) in [6, 6.07) is 3.28. The molecule has 0 aromatic heterocycles. The molecule has 1 heterocycles. The fourth-order valence-corrected chi connectivity index (χ4v) is 3.13. The van der Waals surface area contributed by atoms with Gasteiger partial charge in [0.25, 0.3) is 0 Å². The van der Waals surface area contributed by atoms with Crippen LogP contribution in [-0.4, -0.2) is 54.9 Å². The van der Waals surface area contributed by atoms with E-state index < -0.39 is 0 Å². The summed E-state index contributed by atoms with van der Waals surface area (Å²) in [4.78, 5) is 27.2. The number of carbonyl (C=O) groups excluding carboxylic acids is 2. The van der Waals surface area contributed by atoms with Crippen LogP contribution in [0.2, 0.25) is 10.0 Å². The first-order valence-electron chi connectivity index (χ1n) is 6.97. The molecule has 1 saturated heterocycles. The smallest absolute Gasteiger partial charge is 0.227 e. The molecule has 0 atom stereocenters. The van der Waals surface area contributed by atoms with Gasteiger partial charge in [-0.15, -0.1) is 0 Å². The number of amides is 2. The number of carbonyl (C=O) groups is 2. The lowest BCUT2D eigenvalue weighted by molar-refractivity contribution is -0.138. The first-order chi connectivity index (χ1) is 10.4. The van der Waals surface area contributed by atoms with Gasteiger partial charge in [-0.3, -0.25) is 9.59 Å². The third-order valence-electron chi connectivity index (χ3n) is 3.71. The van der Waals surface area contributed by atoms with Gasteiger partial charge in [0, 0.05) is 43.7 Å². The van der Waals surface area contributed by atoms with E-state index in [1.807, 2.05) is 0 Å². The highest BCUT2D eigenvalue weighted by Crippen LogP contribution is 2.32. The van der Waals surface area contributed by atoms with E-state index in [1.54, 1.807) is 21.9 Å². The molecule has 5 nitrogen and oxygen atoms in total. The second-order valence-corrected chi connectivity index (χ2v) is 5.99. The molecule has 0 radical (unpaired) electrons. The Hall–Kier alpha value is -1.46. The number of hydrogen-bond donors (Lipinski definition) is 0. The molecule has 0 saturated carbocycles. The summed E-state index contributed by atoms with van der Waals surface area (Å²) in [6.07, 6.45) is 0.170. The van der Waals surface area contributed by atoms with Gasteiger partial charge in [-0.25, -0.2) is 0 Å². The number of nitrogens with zero attached hydrogens (tertiary/aromatic N) is 2. The zero-order valence-corrected chi connectivity index (χ0v) is 14.1. The number of benzene rings is 1. The van der Waals surface area contributed by atoms with Crippen LogP contribution in [0.15, 0.2) is 12.1 Å². The summed E-state index contributed by atoms with van der Waals surface area (Å²) >= 11 is 12.1. The zero-order valence-electron chi connectivity index (χ0n) is 12.6. The molecule has 1 aromatic carbocycles. The summed E-state index contributed by atoms with van der Waals surface area (Å²) in [5.41, 5.74) is 0.666. The molecule has 120 valence electrons. The Morgan fingerprint density at radius 1 is 1.14 bits per heavy atom. The monoisotopic (exact) mass is 344 g/mol. The third kappa shape index (κ3) is 3.84. The van der Waals surface area contributed by atoms with E-state index in [9.17, 15) is 9.59 Å². The van der Waals surface area contributed by atoms with Crippen LogP contribution in [0.5, 0.6) is 5.75 Å². The van der Waals surface area contributed by atoms with Gasteiger partial charge in [0.2, 0.25) is 11.8 Å². The maximum atomic E-state index is 12.4. The summed E-state index contributed by atoms with van der Waals surface area (Å²) in [5, 5.41) is 0.856. The van der Waals surface area contributed by atoms with Gasteiger partial charge in [0.05, 0.1) is 18.6 Å². The van der Waals surface area contributed by atoms with Crippen LogP contribution in [0, 0.1) is 0 Å². The third-order valence-corrected chi connectivity index (χ3v) is 4.21. The number of methoxy groups -OCH3 is 1. The fourth-order valence-electron chi connectivity index (χ4n) is 2.52. The van der Waals surface area contributed by atoms with Crippen molar-refractivity contribution in [2.24, 2.45) is 0 Å². The van der Waals surface area contributed by atoms with E-state index in [0.29, 0.717) is 47.5 Å². The van der Waals surface area contributed by atoms with Crippen LogP contribution in [0.25, 0.3) is 0 Å². The minimum absolute atomic E-state index is 0.0279. The van der Waals surface area contributed by atoms with Gasteiger partial charge in [0.15, 0.2) is 0 Å². The van der Waals surface area contributed by atoms with Crippen molar-refractivity contribution in [3.8, 4) is 5.75 Å². The summed E-state index contributed by atoms with van der Waals surface area (Å²) < 4.78 is 5.25. The summed E-state index contributed by atoms with van der Waals surface area (Å²) in [7, 11) is 1.51. The average Bonchev–Trinajstić information content (AvgIpc) is 2.47. The SMILES string of the molecule is COc1c(Cl)cc(Cl)cc1CC(=O)N1CCN(C(C)=O)CC1. The molecule has 2 rings (SSSR count). The first-order valence-corrected chi connectivity index (χ1v) is 7.73. The summed E-state index contributed by atoms with van der Waals surface area (Å²) in [5.74, 6) is 0.483. The van der Waals surface area contributed by atoms with Crippen LogP contribution in [0.4, 0.5) is 0 Å². The van der Waals surface area contributed by atoms with E-state index in [-0.39, 0.29) is 18.2 Å². The van der Waals surface area contributed by atoms with Crippen LogP contribution < -0.4 is 4.74 Å². The minimum Gasteiger partial charge on any atom is -0.495 e. The van der Waals surface area contributed by atoms with Crippen molar-refractivity contribution >= 4 is 35.0 Å². The molecule has 0 unspecified atom stereocenters. The number of hydrogen-bond acceptors (Lipinski definition) is 3. The van der Waals surface area contributed by atoms with Crippen molar-refractivity contribution in [3.05, 3.63) is 27.7 Å². The number of halogens is 2. The largest absolute Gasteiger partial charge is 0.495 e. The van der Waals surface area contributed by atoms with E-state index in [1.165, 1.54) is 14.0 Å². The molecular weight excluding hydrogens is 327 g/mol. The molecular formula is C15H18Cl2N2O3. The van der Waals surface area contributed by atoms with Crippen LogP contribution in [0.3, 0.4) is 0 Å². The van der Waals surface area contributed by atoms with Gasteiger partial charge in [-0.2, -0.15) is 0 Å². The molecule has 22 heavy (non-hydrogen) atoms. The molecule has 7 heteroatoms. The van der Waals surface area contributed by atoms with Gasteiger partial charge in [-0.05, 0) is 12.1 Å². The lowest BCUT2D eigenvalue weighted by Gasteiger charge is -2.34. The van der Waals surface area contributed by atoms with E-state index in [4.69, 9.17) is 27.9 Å². The first kappa shape index (κ1) is 16.9. The predicted molar refractivity (Wildman–Crippen MR) is 85.6 cm³/mol. The van der Waals surface area contributed by atoms with Gasteiger partial charge < -0.3 is 14.5 Å². The van der Waals surface area contributed by atoms with Crippen molar-refractivity contribution in [1.29, 1.82) is 0 Å². The molecule has 1 aliphatic rings. The Bertz CT molecular complexity index is 584. The molecule has 1 aliphatic heterocycles. The lowest BCUT2D eigenvalue weighted by atomic mass is 10.1. The van der Waals surface area contributed by atoms with E-state index in [2.05, 4.69) is 0 Å². The van der Waals surface area contributed by atoms with Crippen molar-refractivity contribution < 1.29 is 14.3 Å². The molecule has 1 aromatic rings. The number of piperazine rings is 1. The van der Waals surface area contributed by atoms with Gasteiger partial charge >= 0.3 is 0 Å². The Morgan fingerprint density at radius 3 is 2.27 bits per heavy atom. The van der Waals surface area contributed by atoms with Gasteiger partial charge in [-0.1, -0.05) is 23.2 Å². The molecule has 2 amide bonds. The fraction of sp³-hybridized carbons (Fsp3) is 0.467. The molecule has 0 bridgehead atoms. The van der Waals surface area contributed by atoms with E-state index >= 15 is 0 Å². The second kappa shape index (κ2) is 7.20. The number of ether oxygens (including phenoxy) is 1.